The van der Waals surface area contributed by atoms with E-state index < -0.39 is 0 Å². The molecule has 0 aliphatic carbocycles. The maximum absolute atomic E-state index is 5.96. The van der Waals surface area contributed by atoms with Crippen LogP contribution < -0.4 is 4.74 Å². The highest BCUT2D eigenvalue weighted by Gasteiger charge is 2.09. The smallest absolute Gasteiger partial charge is 0.122 e. The maximum atomic E-state index is 5.96. The first kappa shape index (κ1) is 16.3. The van der Waals surface area contributed by atoms with Gasteiger partial charge in [0.05, 0.1) is 19.8 Å². The average molecular weight is 291 g/mol. The van der Waals surface area contributed by atoms with Crippen molar-refractivity contribution in [3.05, 3.63) is 29.8 Å². The normalized spacial score (nSPS) is 16.3. The Labute approximate surface area is 129 Å². The third kappa shape index (κ3) is 5.68. The first-order valence-electron chi connectivity index (χ1n) is 8.29. The molecule has 0 aromatic heterocycles. The van der Waals surface area contributed by atoms with E-state index >= 15 is 0 Å². The molecular formula is C18H29NO2. The Kier molecular flexibility index (Phi) is 7.04. The zero-order valence-electron chi connectivity index (χ0n) is 13.5. The van der Waals surface area contributed by atoms with Crippen LogP contribution in [0.4, 0.5) is 0 Å². The Morgan fingerprint density at radius 1 is 1.10 bits per heavy atom. The zero-order chi connectivity index (χ0) is 14.9. The number of benzene rings is 1. The predicted octanol–water partition coefficient (Wildman–Crippen LogP) is 3.69. The van der Waals surface area contributed by atoms with Crippen LogP contribution in [0.3, 0.4) is 0 Å². The second-order valence-electron chi connectivity index (χ2n) is 6.06. The van der Waals surface area contributed by atoms with Crippen LogP contribution in [-0.2, 0) is 4.74 Å². The fourth-order valence-electron chi connectivity index (χ4n) is 2.71. The number of morpholine rings is 1. The van der Waals surface area contributed by atoms with Crippen LogP contribution in [0.25, 0.3) is 0 Å². The van der Waals surface area contributed by atoms with Gasteiger partial charge in [-0.3, -0.25) is 4.90 Å². The molecule has 0 atom stereocenters. The average Bonchev–Trinajstić information content (AvgIpc) is 2.52. The molecular weight excluding hydrogens is 262 g/mol. The fourth-order valence-corrected chi connectivity index (χ4v) is 2.71. The van der Waals surface area contributed by atoms with Gasteiger partial charge >= 0.3 is 0 Å². The molecule has 21 heavy (non-hydrogen) atoms. The highest BCUT2D eigenvalue weighted by Crippen LogP contribution is 2.25. The van der Waals surface area contributed by atoms with Crippen molar-refractivity contribution < 1.29 is 9.47 Å². The minimum Gasteiger partial charge on any atom is -0.493 e. The molecule has 0 unspecified atom stereocenters. The minimum atomic E-state index is 0.516. The Morgan fingerprint density at radius 3 is 2.62 bits per heavy atom. The van der Waals surface area contributed by atoms with Crippen LogP contribution in [0, 0.1) is 0 Å². The standard InChI is InChI=1S/C18H29NO2/c1-16(2)17-8-4-5-9-18(17)21-13-7-3-6-10-19-11-14-20-15-12-19/h4-5,8-9,16H,3,6-7,10-15H2,1-2H3. The number of hydrogen-bond donors (Lipinski definition) is 0. The van der Waals surface area contributed by atoms with E-state index in [-0.39, 0.29) is 0 Å². The summed E-state index contributed by atoms with van der Waals surface area (Å²) in [5.41, 5.74) is 1.31. The predicted molar refractivity (Wildman–Crippen MR) is 87.1 cm³/mol. The highest BCUT2D eigenvalue weighted by molar-refractivity contribution is 5.35. The van der Waals surface area contributed by atoms with Crippen molar-refractivity contribution in [2.24, 2.45) is 0 Å². The SMILES string of the molecule is CC(C)c1ccccc1OCCCCCN1CCOCC1. The van der Waals surface area contributed by atoms with Crippen LogP contribution in [0.2, 0.25) is 0 Å². The largest absolute Gasteiger partial charge is 0.493 e. The van der Waals surface area contributed by atoms with Gasteiger partial charge in [0.2, 0.25) is 0 Å². The van der Waals surface area contributed by atoms with E-state index in [0.717, 1.165) is 45.1 Å². The summed E-state index contributed by atoms with van der Waals surface area (Å²) >= 11 is 0. The maximum Gasteiger partial charge on any atom is 0.122 e. The molecule has 0 bridgehead atoms. The molecule has 1 fully saturated rings. The lowest BCUT2D eigenvalue weighted by molar-refractivity contribution is 0.0370. The Morgan fingerprint density at radius 2 is 1.86 bits per heavy atom. The summed E-state index contributed by atoms with van der Waals surface area (Å²) in [7, 11) is 0. The second kappa shape index (κ2) is 9.06. The van der Waals surface area contributed by atoms with Crippen molar-refractivity contribution in [1.29, 1.82) is 0 Å². The first-order chi connectivity index (χ1) is 10.3. The molecule has 1 heterocycles. The summed E-state index contributed by atoms with van der Waals surface area (Å²) in [4.78, 5) is 2.50. The van der Waals surface area contributed by atoms with Gasteiger partial charge in [-0.05, 0) is 43.4 Å². The lowest BCUT2D eigenvalue weighted by atomic mass is 10.0. The summed E-state index contributed by atoms with van der Waals surface area (Å²) < 4.78 is 11.3. The molecule has 118 valence electrons. The summed E-state index contributed by atoms with van der Waals surface area (Å²) in [5.74, 6) is 1.57. The van der Waals surface area contributed by atoms with Crippen molar-refractivity contribution in [3.63, 3.8) is 0 Å². The number of rotatable bonds is 8. The van der Waals surface area contributed by atoms with Crippen LogP contribution in [-0.4, -0.2) is 44.4 Å². The molecule has 0 saturated carbocycles. The Hall–Kier alpha value is -1.06. The van der Waals surface area contributed by atoms with Crippen LogP contribution >= 0.6 is 0 Å². The quantitative estimate of drug-likeness (QED) is 0.682. The summed E-state index contributed by atoms with van der Waals surface area (Å²) in [5, 5.41) is 0. The molecule has 0 N–H and O–H groups in total. The molecule has 1 saturated heterocycles. The number of nitrogens with zero attached hydrogens (tertiary/aromatic N) is 1. The molecule has 3 nitrogen and oxygen atoms in total. The van der Waals surface area contributed by atoms with Gasteiger partial charge < -0.3 is 9.47 Å². The number of para-hydroxylation sites is 1. The number of unbranched alkanes of at least 4 members (excludes halogenated alkanes) is 2. The monoisotopic (exact) mass is 291 g/mol. The zero-order valence-corrected chi connectivity index (χ0v) is 13.5. The number of ether oxygens (including phenoxy) is 2. The topological polar surface area (TPSA) is 21.7 Å². The van der Waals surface area contributed by atoms with E-state index in [4.69, 9.17) is 9.47 Å². The molecule has 0 amide bonds. The third-order valence-electron chi connectivity index (χ3n) is 4.02. The van der Waals surface area contributed by atoms with Crippen molar-refractivity contribution in [2.45, 2.75) is 39.0 Å². The first-order valence-corrected chi connectivity index (χ1v) is 8.29. The lowest BCUT2D eigenvalue weighted by Gasteiger charge is -2.26. The molecule has 1 aliphatic rings. The minimum absolute atomic E-state index is 0.516. The molecule has 1 aromatic rings. The van der Waals surface area contributed by atoms with Gasteiger partial charge in [-0.2, -0.15) is 0 Å². The van der Waals surface area contributed by atoms with Crippen molar-refractivity contribution >= 4 is 0 Å². The highest BCUT2D eigenvalue weighted by atomic mass is 16.5. The van der Waals surface area contributed by atoms with E-state index in [2.05, 4.69) is 43.0 Å². The lowest BCUT2D eigenvalue weighted by Crippen LogP contribution is -2.36. The van der Waals surface area contributed by atoms with Crippen molar-refractivity contribution in [1.82, 2.24) is 4.90 Å². The van der Waals surface area contributed by atoms with Crippen molar-refractivity contribution in [2.75, 3.05) is 39.5 Å². The van der Waals surface area contributed by atoms with Gasteiger partial charge in [0.25, 0.3) is 0 Å². The molecule has 3 heteroatoms. The summed E-state index contributed by atoms with van der Waals surface area (Å²) in [6.07, 6.45) is 3.63. The Balaban J connectivity index is 1.59. The van der Waals surface area contributed by atoms with E-state index in [1.54, 1.807) is 0 Å². The van der Waals surface area contributed by atoms with Gasteiger partial charge in [-0.15, -0.1) is 0 Å². The van der Waals surface area contributed by atoms with Gasteiger partial charge in [-0.25, -0.2) is 0 Å². The van der Waals surface area contributed by atoms with Gasteiger partial charge in [0, 0.05) is 13.1 Å². The number of hydrogen-bond acceptors (Lipinski definition) is 3. The molecule has 1 aliphatic heterocycles. The van der Waals surface area contributed by atoms with Gasteiger partial charge in [0.1, 0.15) is 5.75 Å². The fraction of sp³-hybridized carbons (Fsp3) is 0.667. The third-order valence-corrected chi connectivity index (χ3v) is 4.02. The van der Waals surface area contributed by atoms with E-state index in [1.807, 2.05) is 0 Å². The summed E-state index contributed by atoms with van der Waals surface area (Å²) in [6.45, 7) is 10.4. The molecule has 0 spiro atoms. The molecule has 0 radical (unpaired) electrons. The molecule has 1 aromatic carbocycles. The Bertz CT molecular complexity index is 400. The van der Waals surface area contributed by atoms with E-state index in [0.29, 0.717) is 5.92 Å². The van der Waals surface area contributed by atoms with Crippen LogP contribution in [0.1, 0.15) is 44.6 Å². The van der Waals surface area contributed by atoms with Gasteiger partial charge in [-0.1, -0.05) is 32.0 Å². The van der Waals surface area contributed by atoms with Crippen LogP contribution in [0.15, 0.2) is 24.3 Å². The van der Waals surface area contributed by atoms with Crippen LogP contribution in [0.5, 0.6) is 5.75 Å². The van der Waals surface area contributed by atoms with E-state index in [1.165, 1.54) is 24.9 Å². The van der Waals surface area contributed by atoms with Crippen molar-refractivity contribution in [3.8, 4) is 5.75 Å². The molecule has 2 rings (SSSR count). The van der Waals surface area contributed by atoms with E-state index in [9.17, 15) is 0 Å². The second-order valence-corrected chi connectivity index (χ2v) is 6.06. The van der Waals surface area contributed by atoms with Gasteiger partial charge in [0.15, 0.2) is 0 Å². The summed E-state index contributed by atoms with van der Waals surface area (Å²) in [6, 6.07) is 8.39.